The third kappa shape index (κ3) is 3.02. The molecular formula is C19H15N5O3. The van der Waals surface area contributed by atoms with Gasteiger partial charge in [0.25, 0.3) is 0 Å². The van der Waals surface area contributed by atoms with Crippen molar-refractivity contribution in [1.29, 1.82) is 0 Å². The average molecular weight is 361 g/mol. The van der Waals surface area contributed by atoms with Gasteiger partial charge in [-0.1, -0.05) is 23.4 Å². The summed E-state index contributed by atoms with van der Waals surface area (Å²) in [6.07, 6.45) is 0.472. The summed E-state index contributed by atoms with van der Waals surface area (Å²) in [7, 11) is 0. The maximum atomic E-state index is 10.7. The third-order valence-corrected chi connectivity index (χ3v) is 4.21. The molecule has 0 aliphatic carbocycles. The number of aromatic nitrogens is 4. The van der Waals surface area contributed by atoms with Crippen LogP contribution in [-0.4, -0.2) is 31.5 Å². The highest BCUT2D eigenvalue weighted by molar-refractivity contribution is 5.88. The molecule has 0 saturated heterocycles. The van der Waals surface area contributed by atoms with E-state index < -0.39 is 6.10 Å². The molecule has 0 aliphatic heterocycles. The molecule has 0 radical (unpaired) electrons. The van der Waals surface area contributed by atoms with E-state index in [0.29, 0.717) is 28.8 Å². The van der Waals surface area contributed by atoms with Crippen molar-refractivity contribution in [3.05, 3.63) is 54.0 Å². The van der Waals surface area contributed by atoms with Crippen molar-refractivity contribution in [2.75, 3.05) is 5.73 Å². The van der Waals surface area contributed by atoms with E-state index in [0.717, 1.165) is 22.4 Å². The lowest BCUT2D eigenvalue weighted by atomic mass is 10.0. The quantitative estimate of drug-likeness (QED) is 0.531. The number of rotatable bonds is 4. The Hall–Kier alpha value is -3.65. The Morgan fingerprint density at radius 2 is 1.89 bits per heavy atom. The van der Waals surface area contributed by atoms with E-state index >= 15 is 0 Å². The van der Waals surface area contributed by atoms with Gasteiger partial charge in [0.2, 0.25) is 0 Å². The van der Waals surface area contributed by atoms with Crippen molar-refractivity contribution in [1.82, 2.24) is 20.1 Å². The van der Waals surface area contributed by atoms with Crippen molar-refractivity contribution in [2.45, 2.75) is 13.0 Å². The summed E-state index contributed by atoms with van der Waals surface area (Å²) in [5.74, 6) is 0.417. The first-order valence-electron chi connectivity index (χ1n) is 8.15. The smallest absolute Gasteiger partial charge is 0.173 e. The number of aryl methyl sites for hydroxylation is 1. The number of nitrogens with two attached hydrogens (primary N) is 1. The zero-order valence-corrected chi connectivity index (χ0v) is 14.3. The number of anilines is 1. The molecule has 0 unspecified atom stereocenters. The van der Waals surface area contributed by atoms with Gasteiger partial charge < -0.3 is 15.4 Å². The maximum Gasteiger partial charge on any atom is 0.173 e. The molecule has 134 valence electrons. The van der Waals surface area contributed by atoms with Gasteiger partial charge in [0.15, 0.2) is 24.0 Å². The van der Waals surface area contributed by atoms with Crippen molar-refractivity contribution in [3.63, 3.8) is 0 Å². The van der Waals surface area contributed by atoms with E-state index in [1.54, 1.807) is 0 Å². The van der Waals surface area contributed by atoms with Crippen LogP contribution in [0.4, 0.5) is 5.82 Å². The second-order valence-corrected chi connectivity index (χ2v) is 6.06. The number of fused-ring (bicyclic) bond motifs is 1. The zero-order chi connectivity index (χ0) is 19.0. The van der Waals surface area contributed by atoms with Crippen LogP contribution in [0.25, 0.3) is 33.5 Å². The molecule has 1 aromatic carbocycles. The van der Waals surface area contributed by atoms with Gasteiger partial charge in [-0.15, -0.1) is 0 Å². The van der Waals surface area contributed by atoms with Gasteiger partial charge in [0.1, 0.15) is 17.5 Å². The normalized spacial score (nSPS) is 12.2. The Labute approximate surface area is 153 Å². The average Bonchev–Trinajstić information content (AvgIpc) is 3.18. The summed E-state index contributed by atoms with van der Waals surface area (Å²) < 4.78 is 5.03. The van der Waals surface area contributed by atoms with Gasteiger partial charge >= 0.3 is 0 Å². The van der Waals surface area contributed by atoms with E-state index in [1.807, 2.05) is 37.3 Å². The Morgan fingerprint density at radius 1 is 1.11 bits per heavy atom. The summed E-state index contributed by atoms with van der Waals surface area (Å²) in [5.41, 5.74) is 11.0. The van der Waals surface area contributed by atoms with Crippen molar-refractivity contribution < 1.29 is 14.4 Å². The lowest BCUT2D eigenvalue weighted by molar-refractivity contribution is -0.115. The highest BCUT2D eigenvalue weighted by Crippen LogP contribution is 2.29. The predicted molar refractivity (Wildman–Crippen MR) is 98.4 cm³/mol. The van der Waals surface area contributed by atoms with Crippen molar-refractivity contribution >= 4 is 23.1 Å². The van der Waals surface area contributed by atoms with Crippen LogP contribution in [0, 0.1) is 6.92 Å². The number of pyridine rings is 1. The minimum absolute atomic E-state index is 0.0926. The van der Waals surface area contributed by atoms with Gasteiger partial charge in [-0.05, 0) is 24.6 Å². The molecule has 0 spiro atoms. The molecule has 3 N–H and O–H groups in total. The SMILES string of the molecule is Cc1cc(-c2cccc(-c3cc([C@@H](O)C=O)on3)c2)nc2c(N)ncnc12. The fourth-order valence-corrected chi connectivity index (χ4v) is 2.83. The van der Waals surface area contributed by atoms with E-state index in [9.17, 15) is 9.90 Å². The summed E-state index contributed by atoms with van der Waals surface area (Å²) in [5, 5.41) is 13.5. The summed E-state index contributed by atoms with van der Waals surface area (Å²) in [6.45, 7) is 1.94. The number of nitrogen functional groups attached to an aromatic ring is 1. The van der Waals surface area contributed by atoms with Gasteiger partial charge in [-0.2, -0.15) is 0 Å². The molecule has 4 rings (SSSR count). The second-order valence-electron chi connectivity index (χ2n) is 6.06. The van der Waals surface area contributed by atoms with Crippen LogP contribution in [0.1, 0.15) is 17.4 Å². The number of benzene rings is 1. The Bertz CT molecular complexity index is 1160. The highest BCUT2D eigenvalue weighted by Gasteiger charge is 2.15. The molecule has 0 bridgehead atoms. The molecular weight excluding hydrogens is 346 g/mol. The number of aldehydes is 1. The van der Waals surface area contributed by atoms with Crippen LogP contribution in [0.2, 0.25) is 0 Å². The predicted octanol–water partition coefficient (Wildman–Crippen LogP) is 2.47. The number of carbonyl (C=O) groups is 1. The topological polar surface area (TPSA) is 128 Å². The lowest BCUT2D eigenvalue weighted by Crippen LogP contribution is -1.98. The lowest BCUT2D eigenvalue weighted by Gasteiger charge is -2.08. The number of hydrogen-bond acceptors (Lipinski definition) is 8. The van der Waals surface area contributed by atoms with Crippen LogP contribution in [0.15, 0.2) is 47.2 Å². The molecule has 27 heavy (non-hydrogen) atoms. The van der Waals surface area contributed by atoms with Crippen LogP contribution >= 0.6 is 0 Å². The van der Waals surface area contributed by atoms with E-state index in [-0.39, 0.29) is 5.76 Å². The number of hydrogen-bond donors (Lipinski definition) is 2. The van der Waals surface area contributed by atoms with Gasteiger partial charge in [-0.3, -0.25) is 4.79 Å². The number of aliphatic hydroxyl groups excluding tert-OH is 1. The molecule has 0 amide bonds. The molecule has 4 aromatic rings. The molecule has 1 atom stereocenters. The Balaban J connectivity index is 1.79. The molecule has 3 aromatic heterocycles. The van der Waals surface area contributed by atoms with Crippen LogP contribution in [-0.2, 0) is 4.79 Å². The molecule has 8 heteroatoms. The second kappa shape index (κ2) is 6.58. The Kier molecular flexibility index (Phi) is 4.09. The monoisotopic (exact) mass is 361 g/mol. The fourth-order valence-electron chi connectivity index (χ4n) is 2.83. The van der Waals surface area contributed by atoms with Crippen LogP contribution in [0.5, 0.6) is 0 Å². The summed E-state index contributed by atoms with van der Waals surface area (Å²) >= 11 is 0. The van der Waals surface area contributed by atoms with E-state index in [2.05, 4.69) is 20.1 Å². The highest BCUT2D eigenvalue weighted by atomic mass is 16.5. The molecule has 3 heterocycles. The third-order valence-electron chi connectivity index (χ3n) is 4.21. The first kappa shape index (κ1) is 16.8. The number of carbonyl (C=O) groups excluding carboxylic acids is 1. The Morgan fingerprint density at radius 3 is 2.67 bits per heavy atom. The maximum absolute atomic E-state index is 10.7. The van der Waals surface area contributed by atoms with E-state index in [1.165, 1.54) is 12.4 Å². The van der Waals surface area contributed by atoms with Gasteiger partial charge in [0, 0.05) is 17.2 Å². The first-order valence-corrected chi connectivity index (χ1v) is 8.15. The van der Waals surface area contributed by atoms with Gasteiger partial charge in [-0.25, -0.2) is 15.0 Å². The standard InChI is InChI=1S/C19H15N5O3/c1-10-5-13(23-18-17(10)21-9-22-19(18)20)11-3-2-4-12(6-11)14-7-16(27-24-14)15(26)8-25/h2-9,15,26H,1H3,(H2,20,21,22)/t15-/m0/s1. The minimum Gasteiger partial charge on any atom is -0.382 e. The zero-order valence-electron chi connectivity index (χ0n) is 14.3. The van der Waals surface area contributed by atoms with Gasteiger partial charge in [0.05, 0.1) is 11.2 Å². The number of aliphatic hydroxyl groups is 1. The minimum atomic E-state index is -1.33. The number of nitrogens with zero attached hydrogens (tertiary/aromatic N) is 4. The van der Waals surface area contributed by atoms with Crippen LogP contribution in [0.3, 0.4) is 0 Å². The summed E-state index contributed by atoms with van der Waals surface area (Å²) in [6, 6.07) is 11.0. The largest absolute Gasteiger partial charge is 0.382 e. The van der Waals surface area contributed by atoms with E-state index in [4.69, 9.17) is 10.3 Å². The summed E-state index contributed by atoms with van der Waals surface area (Å²) in [4.78, 5) is 23.5. The molecule has 8 nitrogen and oxygen atoms in total. The van der Waals surface area contributed by atoms with Crippen molar-refractivity contribution in [2.24, 2.45) is 0 Å². The fraction of sp³-hybridized carbons (Fsp3) is 0.105. The first-order chi connectivity index (χ1) is 13.1. The van der Waals surface area contributed by atoms with Crippen molar-refractivity contribution in [3.8, 4) is 22.5 Å². The molecule has 0 fully saturated rings. The molecule has 0 saturated carbocycles. The molecule has 0 aliphatic rings. The van der Waals surface area contributed by atoms with Crippen LogP contribution < -0.4 is 5.73 Å².